The van der Waals surface area contributed by atoms with Gasteiger partial charge in [0.15, 0.2) is 41.3 Å². The Hall–Kier alpha value is -7.82. The molecule has 0 aliphatic carbocycles. The second kappa shape index (κ2) is 17.6. The smallest absolute Gasteiger partial charge is 0.321 e. The first kappa shape index (κ1) is 47.3. The van der Waals surface area contributed by atoms with Gasteiger partial charge in [0.2, 0.25) is 0 Å². The van der Waals surface area contributed by atoms with Crippen molar-refractivity contribution in [1.29, 1.82) is 0 Å². The second-order valence-electron chi connectivity index (χ2n) is 17.3. The fraction of sp³-hybridized carbons (Fsp3) is 0.245. The van der Waals surface area contributed by atoms with Crippen molar-refractivity contribution in [2.75, 3.05) is 5.75 Å². The van der Waals surface area contributed by atoms with Gasteiger partial charge in [-0.25, -0.2) is 0 Å². The molecular weight excluding hydrogens is 939 g/mol. The number of aliphatic hydroxyl groups is 3. The number of thioether (sulfide) groups is 1. The number of carboxylic acids is 1. The van der Waals surface area contributed by atoms with Crippen LogP contribution in [-0.4, -0.2) is 113 Å². The fourth-order valence-corrected chi connectivity index (χ4v) is 10.8. The van der Waals surface area contributed by atoms with E-state index >= 15 is 0 Å². The van der Waals surface area contributed by atoms with E-state index in [4.69, 9.17) is 19.9 Å². The summed E-state index contributed by atoms with van der Waals surface area (Å²) in [5.41, 5.74) is 4.80. The maximum Gasteiger partial charge on any atom is 0.321 e. The van der Waals surface area contributed by atoms with E-state index in [2.05, 4.69) is 0 Å². The normalized spacial score (nSPS) is 23.9. The average Bonchev–Trinajstić information content (AvgIpc) is 3.29. The number of carboxylic acid groups (broad SMARTS) is 1. The summed E-state index contributed by atoms with van der Waals surface area (Å²) in [4.78, 5) is 11.9. The Balaban J connectivity index is 1.33. The van der Waals surface area contributed by atoms with Crippen molar-refractivity contribution in [3.8, 4) is 80.5 Å². The largest absolute Gasteiger partial charge is 0.508 e. The Morgan fingerprint density at radius 2 is 0.943 bits per heavy atom. The zero-order valence-corrected chi connectivity index (χ0v) is 37.1. The molecule has 0 saturated carbocycles. The Kier molecular flexibility index (Phi) is 11.9. The molecule has 3 unspecified atom stereocenters. The Bertz CT molecular complexity index is 3090. The molecule has 3 aliphatic rings. The quantitative estimate of drug-likeness (QED) is 0.0873. The van der Waals surface area contributed by atoms with Gasteiger partial charge in [0.1, 0.15) is 81.8 Å². The summed E-state index contributed by atoms with van der Waals surface area (Å²) in [7, 11) is 0. The number of aliphatic carboxylic acids is 1. The highest BCUT2D eigenvalue weighted by Gasteiger charge is 2.52. The van der Waals surface area contributed by atoms with E-state index in [0.717, 1.165) is 60.3 Å². The molecule has 0 saturated heterocycles. The Morgan fingerprint density at radius 3 is 1.44 bits per heavy atom. The standard InChI is InChI=1S/C49H45NO19S/c1-16-2-3-17(8-24(16)54)45-42(64)48(70-15-21(50)49(65)66)37-31(61)14-30(60)36(47(37)69-45)39-35-29(59)13-28(58)34(46(35)68-44(41(39)63)19-5-7-23(53)26(56)10-19)38-33-27(57)11-20(51)12-32(33)67-43(40(38)62)18-4-6-22(52)25(55)9-18/h2-14,21,38-45,48,51-64H,15,50H2,1H3,(H,65,66)/t21-,38?,39?,40+,41+,42-,43+,44+,45+,48?/m0/s1. The van der Waals surface area contributed by atoms with E-state index in [1.807, 2.05) is 0 Å². The number of hydrogen-bond donors (Lipinski definition) is 16. The molecule has 3 aliphatic heterocycles. The highest BCUT2D eigenvalue weighted by atomic mass is 32.2. The first-order chi connectivity index (χ1) is 33.2. The van der Waals surface area contributed by atoms with Crippen LogP contribution in [0.4, 0.5) is 0 Å². The van der Waals surface area contributed by atoms with Crippen molar-refractivity contribution in [1.82, 2.24) is 0 Å². The summed E-state index contributed by atoms with van der Waals surface area (Å²) in [6.07, 6.45) is -10.2. The van der Waals surface area contributed by atoms with Crippen LogP contribution in [0.25, 0.3) is 0 Å². The van der Waals surface area contributed by atoms with Gasteiger partial charge in [0.25, 0.3) is 0 Å². The van der Waals surface area contributed by atoms with E-state index in [0.29, 0.717) is 5.56 Å². The van der Waals surface area contributed by atoms with Gasteiger partial charge in [-0.1, -0.05) is 24.3 Å². The van der Waals surface area contributed by atoms with Crippen LogP contribution in [0.1, 0.15) is 85.5 Å². The molecule has 20 nitrogen and oxygen atoms in total. The molecule has 10 atom stereocenters. The molecule has 0 radical (unpaired) electrons. The number of aryl methyl sites for hydroxylation is 1. The lowest BCUT2D eigenvalue weighted by Gasteiger charge is -2.44. The molecule has 70 heavy (non-hydrogen) atoms. The molecule has 0 spiro atoms. The van der Waals surface area contributed by atoms with Crippen molar-refractivity contribution in [3.05, 3.63) is 129 Å². The van der Waals surface area contributed by atoms with E-state index in [1.165, 1.54) is 30.3 Å². The Morgan fingerprint density at radius 1 is 0.514 bits per heavy atom. The van der Waals surface area contributed by atoms with Crippen LogP contribution in [0.2, 0.25) is 0 Å². The van der Waals surface area contributed by atoms with E-state index < -0.39 is 151 Å². The van der Waals surface area contributed by atoms with Crippen molar-refractivity contribution >= 4 is 17.7 Å². The maximum absolute atomic E-state index is 12.7. The van der Waals surface area contributed by atoms with Gasteiger partial charge < -0.3 is 96.5 Å². The number of carbonyl (C=O) groups is 1. The third kappa shape index (κ3) is 7.82. The third-order valence-corrected chi connectivity index (χ3v) is 14.3. The summed E-state index contributed by atoms with van der Waals surface area (Å²) < 4.78 is 19.2. The summed E-state index contributed by atoms with van der Waals surface area (Å²) in [5, 5.41) is 168. The van der Waals surface area contributed by atoms with Crippen molar-refractivity contribution in [3.63, 3.8) is 0 Å². The Labute approximate surface area is 399 Å². The van der Waals surface area contributed by atoms with Crippen LogP contribution in [0.3, 0.4) is 0 Å². The van der Waals surface area contributed by atoms with Crippen LogP contribution >= 0.6 is 11.8 Å². The molecule has 6 aromatic carbocycles. The van der Waals surface area contributed by atoms with Gasteiger partial charge in [0.05, 0.1) is 22.6 Å². The molecule has 6 aromatic rings. The molecule has 0 aromatic heterocycles. The third-order valence-electron chi connectivity index (χ3n) is 12.9. The molecule has 366 valence electrons. The number of nitrogens with two attached hydrogens (primary N) is 1. The number of hydrogen-bond acceptors (Lipinski definition) is 20. The molecule has 3 heterocycles. The van der Waals surface area contributed by atoms with Crippen LogP contribution in [-0.2, 0) is 4.79 Å². The van der Waals surface area contributed by atoms with Gasteiger partial charge >= 0.3 is 5.97 Å². The van der Waals surface area contributed by atoms with Crippen LogP contribution in [0.15, 0.2) is 78.9 Å². The predicted molar refractivity (Wildman–Crippen MR) is 244 cm³/mol. The number of phenols is 11. The van der Waals surface area contributed by atoms with Crippen molar-refractivity contribution in [2.45, 2.75) is 66.7 Å². The number of rotatable bonds is 9. The minimum Gasteiger partial charge on any atom is -0.508 e. The number of phenolic OH excluding ortho intramolecular Hbond substituents is 11. The number of ether oxygens (including phenoxy) is 3. The zero-order valence-electron chi connectivity index (χ0n) is 36.3. The highest BCUT2D eigenvalue weighted by molar-refractivity contribution is 7.99. The molecule has 21 heteroatoms. The van der Waals surface area contributed by atoms with Gasteiger partial charge in [-0.3, -0.25) is 4.79 Å². The first-order valence-corrected chi connectivity index (χ1v) is 22.4. The molecule has 0 amide bonds. The van der Waals surface area contributed by atoms with Crippen LogP contribution in [0, 0.1) is 6.92 Å². The molecule has 0 bridgehead atoms. The number of aromatic hydroxyl groups is 11. The van der Waals surface area contributed by atoms with Crippen molar-refractivity contribution in [2.24, 2.45) is 5.73 Å². The topological polar surface area (TPSA) is 374 Å². The summed E-state index contributed by atoms with van der Waals surface area (Å²) in [6.45, 7) is 1.61. The SMILES string of the molecule is Cc1ccc([C@H]2Oc3c(c(O)cc(O)c3C3c4c(O)cc(O)c(C5c6c(O)cc(O)cc6O[C@H](c6ccc(O)c(O)c6)[C@@H]5O)c4O[C@H](c4ccc(O)c(O)c4)[C@@H]3O)C(SC[C@H](N)C(=O)O)[C@H]2O)cc1O. The monoisotopic (exact) mass is 983 g/mol. The molecular formula is C49H45NO19S. The summed E-state index contributed by atoms with van der Waals surface area (Å²) >= 11 is 0.803. The second-order valence-corrected chi connectivity index (χ2v) is 18.5. The van der Waals surface area contributed by atoms with E-state index in [9.17, 15) is 81.4 Å². The van der Waals surface area contributed by atoms with E-state index in [1.54, 1.807) is 6.92 Å². The molecule has 17 N–H and O–H groups in total. The number of aliphatic hydroxyl groups excluding tert-OH is 3. The van der Waals surface area contributed by atoms with Crippen molar-refractivity contribution < 1.29 is 95.6 Å². The summed E-state index contributed by atoms with van der Waals surface area (Å²) in [6, 6.07) is 13.4. The fourth-order valence-electron chi connectivity index (χ4n) is 9.51. The molecule has 9 rings (SSSR count). The highest BCUT2D eigenvalue weighted by Crippen LogP contribution is 2.63. The minimum absolute atomic E-state index is 0.0493. The number of fused-ring (bicyclic) bond motifs is 3. The number of benzene rings is 6. The van der Waals surface area contributed by atoms with Crippen LogP contribution in [0.5, 0.6) is 80.5 Å². The zero-order chi connectivity index (χ0) is 50.4. The van der Waals surface area contributed by atoms with Gasteiger partial charge in [-0.05, 0) is 59.5 Å². The molecule has 0 fully saturated rings. The first-order valence-electron chi connectivity index (χ1n) is 21.4. The van der Waals surface area contributed by atoms with Gasteiger partial charge in [-0.2, -0.15) is 0 Å². The predicted octanol–water partition coefficient (Wildman–Crippen LogP) is 4.69. The van der Waals surface area contributed by atoms with E-state index in [-0.39, 0.29) is 45.1 Å². The minimum atomic E-state index is -1.99. The lowest BCUT2D eigenvalue weighted by atomic mass is 9.73. The van der Waals surface area contributed by atoms with Crippen LogP contribution < -0.4 is 19.9 Å². The lowest BCUT2D eigenvalue weighted by Crippen LogP contribution is -2.39. The maximum atomic E-state index is 12.7. The van der Waals surface area contributed by atoms with Gasteiger partial charge in [0, 0.05) is 52.3 Å². The van der Waals surface area contributed by atoms with Gasteiger partial charge in [-0.15, -0.1) is 11.8 Å². The average molecular weight is 984 g/mol. The summed E-state index contributed by atoms with van der Waals surface area (Å²) in [5.74, 6) is -13.3. The lowest BCUT2D eigenvalue weighted by molar-refractivity contribution is -0.137.